The number of rotatable bonds is 11. The van der Waals surface area contributed by atoms with Gasteiger partial charge in [-0.1, -0.05) is 19.1 Å². The summed E-state index contributed by atoms with van der Waals surface area (Å²) in [6.07, 6.45) is 3.27. The van der Waals surface area contributed by atoms with Crippen LogP contribution < -0.4 is 10.1 Å². The largest absolute Gasteiger partial charge is 0.478 e. The van der Waals surface area contributed by atoms with Gasteiger partial charge in [-0.15, -0.1) is 0 Å². The first-order valence-electron chi connectivity index (χ1n) is 15.1. The van der Waals surface area contributed by atoms with Crippen molar-refractivity contribution in [3.63, 3.8) is 0 Å². The van der Waals surface area contributed by atoms with Crippen molar-refractivity contribution in [1.82, 2.24) is 19.4 Å². The van der Waals surface area contributed by atoms with Gasteiger partial charge in [0.15, 0.2) is 0 Å². The number of carboxylic acids is 1. The van der Waals surface area contributed by atoms with Crippen LogP contribution in [-0.4, -0.2) is 62.2 Å². The van der Waals surface area contributed by atoms with Crippen molar-refractivity contribution < 1.29 is 28.6 Å². The molecule has 2 aromatic heterocycles. The van der Waals surface area contributed by atoms with E-state index >= 15 is 0 Å². The summed E-state index contributed by atoms with van der Waals surface area (Å²) in [6, 6.07) is 15.4. The highest BCUT2D eigenvalue weighted by Gasteiger charge is 2.26. The normalized spacial score (nSPS) is 17.4. The maximum absolute atomic E-state index is 14.6. The van der Waals surface area contributed by atoms with E-state index < -0.39 is 11.8 Å². The number of aromatic nitrogens is 3. The Morgan fingerprint density at radius 1 is 1.09 bits per heavy atom. The van der Waals surface area contributed by atoms with Crippen LogP contribution in [0.4, 0.5) is 10.1 Å². The fourth-order valence-corrected chi connectivity index (χ4v) is 5.73. The molecule has 0 saturated carbocycles. The lowest BCUT2D eigenvalue weighted by Gasteiger charge is -2.32. The van der Waals surface area contributed by atoms with E-state index in [0.29, 0.717) is 36.6 Å². The number of nitrogens with one attached hydrogen (secondary N) is 1. The van der Waals surface area contributed by atoms with Crippen LogP contribution in [0.25, 0.3) is 11.0 Å². The standard InChI is InChI=1S/C33H36FN5O5/c1-2-31(40)35-24-8-6-23(26(34)17-24)20-44-32-5-3-4-27(37-32)21-10-13-38(14-11-21)19-30-36-28-9-7-22(33(41)42)16-29(28)39(30)18-25-12-15-43-25/h3-9,16-17,21,25H,2,10-15,18-20H2,1H3,(H,35,40)(H,41,42)/t25-/m0/s1. The number of benzene rings is 2. The minimum absolute atomic E-state index is 0.0313. The number of amides is 1. The van der Waals surface area contributed by atoms with Gasteiger partial charge in [0.25, 0.3) is 0 Å². The van der Waals surface area contributed by atoms with Crippen LogP contribution in [0.15, 0.2) is 54.6 Å². The molecule has 0 bridgehead atoms. The van der Waals surface area contributed by atoms with Crippen molar-refractivity contribution in [2.75, 3.05) is 25.0 Å². The monoisotopic (exact) mass is 601 g/mol. The van der Waals surface area contributed by atoms with E-state index in [-0.39, 0.29) is 30.1 Å². The number of pyridine rings is 1. The van der Waals surface area contributed by atoms with E-state index in [4.69, 9.17) is 19.4 Å². The molecule has 2 aromatic carbocycles. The van der Waals surface area contributed by atoms with E-state index in [1.807, 2.05) is 12.1 Å². The first-order valence-corrected chi connectivity index (χ1v) is 15.1. The number of hydrogen-bond acceptors (Lipinski definition) is 7. The summed E-state index contributed by atoms with van der Waals surface area (Å²) in [4.78, 5) is 35.2. The molecule has 6 rings (SSSR count). The van der Waals surface area contributed by atoms with Gasteiger partial charge in [-0.25, -0.2) is 19.2 Å². The molecule has 11 heteroatoms. The lowest BCUT2D eigenvalue weighted by atomic mass is 9.93. The lowest BCUT2D eigenvalue weighted by Crippen LogP contribution is -2.35. The Labute approximate surface area is 254 Å². The fourth-order valence-electron chi connectivity index (χ4n) is 5.73. The van der Waals surface area contributed by atoms with E-state index in [1.165, 1.54) is 6.07 Å². The predicted molar refractivity (Wildman–Crippen MR) is 162 cm³/mol. The number of carbonyl (C=O) groups excluding carboxylic acids is 1. The number of anilines is 1. The molecule has 0 radical (unpaired) electrons. The van der Waals surface area contributed by atoms with Crippen LogP contribution >= 0.6 is 0 Å². The molecule has 0 unspecified atom stereocenters. The number of carbonyl (C=O) groups is 2. The number of piperidine rings is 1. The molecule has 1 atom stereocenters. The van der Waals surface area contributed by atoms with Gasteiger partial charge in [-0.3, -0.25) is 9.69 Å². The van der Waals surface area contributed by atoms with Crippen molar-refractivity contribution in [3.05, 3.63) is 83.1 Å². The Kier molecular flexibility index (Phi) is 8.85. The number of carboxylic acid groups (broad SMARTS) is 1. The molecular formula is C33H36FN5O5. The predicted octanol–water partition coefficient (Wildman–Crippen LogP) is 5.36. The second-order valence-corrected chi connectivity index (χ2v) is 11.4. The third-order valence-corrected chi connectivity index (χ3v) is 8.40. The average Bonchev–Trinajstić information content (AvgIpc) is 3.34. The maximum atomic E-state index is 14.6. The SMILES string of the molecule is CCC(=O)Nc1ccc(COc2cccc(C3CCN(Cc4nc5ccc(C(=O)O)cc5n4C[C@@H]4CCO4)CC3)n2)c(F)c1. The molecule has 2 fully saturated rings. The fraction of sp³-hybridized carbons (Fsp3) is 0.394. The van der Waals surface area contributed by atoms with Crippen molar-refractivity contribution in [1.29, 1.82) is 0 Å². The molecule has 1 amide bonds. The highest BCUT2D eigenvalue weighted by Crippen LogP contribution is 2.30. The lowest BCUT2D eigenvalue weighted by molar-refractivity contribution is -0.115. The van der Waals surface area contributed by atoms with E-state index in [0.717, 1.165) is 61.5 Å². The average molecular weight is 602 g/mol. The zero-order chi connectivity index (χ0) is 30.6. The summed E-state index contributed by atoms with van der Waals surface area (Å²) in [5, 5.41) is 12.2. The summed E-state index contributed by atoms with van der Waals surface area (Å²) < 4.78 is 28.3. The van der Waals surface area contributed by atoms with Crippen LogP contribution in [0.5, 0.6) is 5.88 Å². The smallest absolute Gasteiger partial charge is 0.335 e. The van der Waals surface area contributed by atoms with Crippen LogP contribution in [0.2, 0.25) is 0 Å². The van der Waals surface area contributed by atoms with Gasteiger partial charge in [0.2, 0.25) is 11.8 Å². The summed E-state index contributed by atoms with van der Waals surface area (Å²) in [5.74, 6) is 0.0616. The Bertz CT molecular complexity index is 1660. The Morgan fingerprint density at radius 2 is 1.91 bits per heavy atom. The summed E-state index contributed by atoms with van der Waals surface area (Å²) >= 11 is 0. The zero-order valence-corrected chi connectivity index (χ0v) is 24.7. The molecule has 4 heterocycles. The highest BCUT2D eigenvalue weighted by atomic mass is 19.1. The second-order valence-electron chi connectivity index (χ2n) is 11.4. The number of halogens is 1. The number of fused-ring (bicyclic) bond motifs is 1. The van der Waals surface area contributed by atoms with Crippen molar-refractivity contribution in [3.8, 4) is 5.88 Å². The number of imidazole rings is 1. The van der Waals surface area contributed by atoms with Gasteiger partial charge in [0.1, 0.15) is 18.2 Å². The van der Waals surface area contributed by atoms with Gasteiger partial charge in [-0.05, 0) is 68.8 Å². The summed E-state index contributed by atoms with van der Waals surface area (Å²) in [6.45, 7) is 5.59. The van der Waals surface area contributed by atoms with Gasteiger partial charge in [-0.2, -0.15) is 0 Å². The van der Waals surface area contributed by atoms with Gasteiger partial charge in [0, 0.05) is 42.0 Å². The second kappa shape index (κ2) is 13.1. The van der Waals surface area contributed by atoms with Crippen molar-refractivity contribution >= 4 is 28.6 Å². The quantitative estimate of drug-likeness (QED) is 0.236. The summed E-state index contributed by atoms with van der Waals surface area (Å²) in [7, 11) is 0. The molecule has 2 aliphatic rings. The number of nitrogens with zero attached hydrogens (tertiary/aromatic N) is 4. The van der Waals surface area contributed by atoms with Gasteiger partial charge >= 0.3 is 5.97 Å². The van der Waals surface area contributed by atoms with Crippen molar-refractivity contribution in [2.24, 2.45) is 0 Å². The molecule has 2 aliphatic heterocycles. The molecule has 4 aromatic rings. The molecule has 2 N–H and O–H groups in total. The number of aromatic carboxylic acids is 1. The molecule has 2 saturated heterocycles. The molecule has 0 spiro atoms. The molecular weight excluding hydrogens is 565 g/mol. The minimum Gasteiger partial charge on any atom is -0.478 e. The third-order valence-electron chi connectivity index (χ3n) is 8.40. The van der Waals surface area contributed by atoms with E-state index in [9.17, 15) is 19.1 Å². The Morgan fingerprint density at radius 3 is 2.61 bits per heavy atom. The topological polar surface area (TPSA) is 119 Å². The number of hydrogen-bond donors (Lipinski definition) is 2. The van der Waals surface area contributed by atoms with Crippen LogP contribution in [0, 0.1) is 5.82 Å². The Balaban J connectivity index is 1.07. The molecule has 0 aliphatic carbocycles. The third kappa shape index (κ3) is 6.74. The van der Waals surface area contributed by atoms with E-state index in [1.54, 1.807) is 43.3 Å². The zero-order valence-electron chi connectivity index (χ0n) is 24.7. The van der Waals surface area contributed by atoms with Crippen molar-refractivity contribution in [2.45, 2.75) is 64.3 Å². The molecule has 10 nitrogen and oxygen atoms in total. The van der Waals surface area contributed by atoms with Gasteiger partial charge < -0.3 is 24.5 Å². The van der Waals surface area contributed by atoms with Gasteiger partial charge in [0.05, 0.1) is 35.8 Å². The van der Waals surface area contributed by atoms with E-state index in [2.05, 4.69) is 14.8 Å². The first kappa shape index (κ1) is 29.7. The van der Waals surface area contributed by atoms with Crippen LogP contribution in [-0.2, 0) is 29.2 Å². The van der Waals surface area contributed by atoms with Crippen LogP contribution in [0.3, 0.4) is 0 Å². The maximum Gasteiger partial charge on any atom is 0.335 e. The number of ether oxygens (including phenoxy) is 2. The number of likely N-dealkylation sites (tertiary alicyclic amines) is 1. The molecule has 230 valence electrons. The Hall–Kier alpha value is -4.35. The summed E-state index contributed by atoms with van der Waals surface area (Å²) in [5.41, 5.74) is 3.62. The first-order chi connectivity index (χ1) is 21.4. The molecule has 44 heavy (non-hydrogen) atoms. The minimum atomic E-state index is -0.953. The highest BCUT2D eigenvalue weighted by molar-refractivity contribution is 5.92. The van der Waals surface area contributed by atoms with Crippen LogP contribution in [0.1, 0.15) is 66.0 Å².